The van der Waals surface area contributed by atoms with Crippen molar-refractivity contribution in [3.05, 3.63) is 47.0 Å². The highest BCUT2D eigenvalue weighted by atomic mass is 16.5. The van der Waals surface area contributed by atoms with Gasteiger partial charge in [0.1, 0.15) is 11.5 Å². The van der Waals surface area contributed by atoms with E-state index in [1.54, 1.807) is 28.4 Å². The van der Waals surface area contributed by atoms with E-state index in [0.717, 1.165) is 47.9 Å². The quantitative estimate of drug-likeness (QED) is 0.873. The van der Waals surface area contributed by atoms with Crippen molar-refractivity contribution in [1.82, 2.24) is 5.32 Å². The molecule has 0 radical (unpaired) electrons. The van der Waals surface area contributed by atoms with E-state index < -0.39 is 0 Å². The molecule has 1 atom stereocenters. The summed E-state index contributed by atoms with van der Waals surface area (Å²) in [5.41, 5.74) is 3.65. The van der Waals surface area contributed by atoms with Crippen LogP contribution in [0.5, 0.6) is 23.0 Å². The lowest BCUT2D eigenvalue weighted by Gasteiger charge is -2.28. The molecule has 0 saturated carbocycles. The van der Waals surface area contributed by atoms with Crippen LogP contribution in [0.4, 0.5) is 0 Å². The molecule has 0 amide bonds. The Balaban J connectivity index is 1.96. The van der Waals surface area contributed by atoms with E-state index >= 15 is 0 Å². The number of methoxy groups -OCH3 is 4. The van der Waals surface area contributed by atoms with Crippen LogP contribution in [0.25, 0.3) is 0 Å². The van der Waals surface area contributed by atoms with E-state index in [0.29, 0.717) is 0 Å². The van der Waals surface area contributed by atoms with Crippen molar-refractivity contribution >= 4 is 0 Å². The Hall–Kier alpha value is -2.40. The summed E-state index contributed by atoms with van der Waals surface area (Å²) in [4.78, 5) is 0. The number of ether oxygens (including phenoxy) is 4. The van der Waals surface area contributed by atoms with Crippen molar-refractivity contribution in [3.8, 4) is 23.0 Å². The zero-order valence-electron chi connectivity index (χ0n) is 15.2. The second kappa shape index (κ2) is 7.66. The Morgan fingerprint density at radius 2 is 1.60 bits per heavy atom. The molecule has 0 spiro atoms. The monoisotopic (exact) mass is 343 g/mol. The summed E-state index contributed by atoms with van der Waals surface area (Å²) in [5.74, 6) is 3.24. The van der Waals surface area contributed by atoms with E-state index in [1.165, 1.54) is 11.1 Å². The number of rotatable bonds is 6. The van der Waals surface area contributed by atoms with E-state index in [2.05, 4.69) is 17.4 Å². The largest absolute Gasteiger partial charge is 0.497 e. The van der Waals surface area contributed by atoms with E-state index in [1.807, 2.05) is 18.2 Å². The van der Waals surface area contributed by atoms with Crippen molar-refractivity contribution in [2.75, 3.05) is 35.0 Å². The summed E-state index contributed by atoms with van der Waals surface area (Å²) < 4.78 is 21.8. The zero-order chi connectivity index (χ0) is 17.8. The number of benzene rings is 2. The Kier molecular flexibility index (Phi) is 5.34. The maximum Gasteiger partial charge on any atom is 0.161 e. The van der Waals surface area contributed by atoms with Gasteiger partial charge in [-0.15, -0.1) is 0 Å². The third-order valence-electron chi connectivity index (χ3n) is 4.72. The van der Waals surface area contributed by atoms with Crippen LogP contribution in [-0.2, 0) is 12.8 Å². The van der Waals surface area contributed by atoms with Gasteiger partial charge in [-0.1, -0.05) is 0 Å². The molecular formula is C20H25NO4. The second-order valence-corrected chi connectivity index (χ2v) is 6.04. The van der Waals surface area contributed by atoms with E-state index in [9.17, 15) is 0 Å². The average Bonchev–Trinajstić information content (AvgIpc) is 2.67. The molecule has 2 aromatic carbocycles. The highest BCUT2D eigenvalue weighted by molar-refractivity contribution is 5.50. The zero-order valence-corrected chi connectivity index (χ0v) is 15.2. The third kappa shape index (κ3) is 3.51. The van der Waals surface area contributed by atoms with Crippen LogP contribution in [0.2, 0.25) is 0 Å². The lowest BCUT2D eigenvalue weighted by Crippen LogP contribution is -2.31. The summed E-state index contributed by atoms with van der Waals surface area (Å²) >= 11 is 0. The molecule has 0 aromatic heterocycles. The van der Waals surface area contributed by atoms with Gasteiger partial charge >= 0.3 is 0 Å². The average molecular weight is 343 g/mol. The molecule has 1 unspecified atom stereocenters. The first-order valence-electron chi connectivity index (χ1n) is 8.39. The van der Waals surface area contributed by atoms with Gasteiger partial charge in [0.2, 0.25) is 0 Å². The van der Waals surface area contributed by atoms with Crippen LogP contribution in [0, 0.1) is 0 Å². The van der Waals surface area contributed by atoms with Crippen molar-refractivity contribution in [2.45, 2.75) is 18.9 Å². The minimum absolute atomic E-state index is 0.185. The Morgan fingerprint density at radius 3 is 2.28 bits per heavy atom. The lowest BCUT2D eigenvalue weighted by molar-refractivity contribution is 0.352. The summed E-state index contributed by atoms with van der Waals surface area (Å²) in [6.45, 7) is 0.930. The summed E-state index contributed by atoms with van der Waals surface area (Å²) in [6, 6.07) is 10.3. The molecular weight excluding hydrogens is 318 g/mol. The molecule has 0 fully saturated rings. The van der Waals surface area contributed by atoms with Crippen LogP contribution >= 0.6 is 0 Å². The molecule has 1 aliphatic rings. The fourth-order valence-corrected chi connectivity index (χ4v) is 3.41. The van der Waals surface area contributed by atoms with Crippen molar-refractivity contribution in [2.24, 2.45) is 0 Å². The molecule has 5 heteroatoms. The molecule has 0 saturated heterocycles. The molecule has 25 heavy (non-hydrogen) atoms. The fraction of sp³-hybridized carbons (Fsp3) is 0.400. The standard InChI is InChI=1S/C20H25NO4/c1-22-15-5-6-18(23-2)14(9-15)10-17-16-12-20(25-4)19(24-3)11-13(16)7-8-21-17/h5-6,9,11-12,17,21H,7-8,10H2,1-4H3. The molecule has 134 valence electrons. The molecule has 5 nitrogen and oxygen atoms in total. The van der Waals surface area contributed by atoms with E-state index in [-0.39, 0.29) is 6.04 Å². The summed E-state index contributed by atoms with van der Waals surface area (Å²) in [5, 5.41) is 3.61. The normalized spacial score (nSPS) is 16.1. The van der Waals surface area contributed by atoms with Crippen LogP contribution < -0.4 is 24.3 Å². The fourth-order valence-electron chi connectivity index (χ4n) is 3.41. The van der Waals surface area contributed by atoms with Crippen molar-refractivity contribution in [1.29, 1.82) is 0 Å². The number of hydrogen-bond donors (Lipinski definition) is 1. The summed E-state index contributed by atoms with van der Waals surface area (Å²) in [6.07, 6.45) is 1.78. The van der Waals surface area contributed by atoms with Gasteiger partial charge in [0, 0.05) is 6.04 Å². The van der Waals surface area contributed by atoms with Crippen LogP contribution in [0.1, 0.15) is 22.7 Å². The minimum atomic E-state index is 0.185. The van der Waals surface area contributed by atoms with Gasteiger partial charge in [-0.05, 0) is 66.4 Å². The van der Waals surface area contributed by atoms with Gasteiger partial charge < -0.3 is 24.3 Å². The molecule has 1 aliphatic heterocycles. The first-order valence-corrected chi connectivity index (χ1v) is 8.39. The summed E-state index contributed by atoms with van der Waals surface area (Å²) in [7, 11) is 6.71. The van der Waals surface area contributed by atoms with Gasteiger partial charge in [0.05, 0.1) is 28.4 Å². The second-order valence-electron chi connectivity index (χ2n) is 6.04. The first kappa shape index (κ1) is 17.4. The predicted octanol–water partition coefficient (Wildman–Crippen LogP) is 3.15. The highest BCUT2D eigenvalue weighted by Crippen LogP contribution is 2.37. The maximum absolute atomic E-state index is 5.53. The number of nitrogens with one attached hydrogen (secondary N) is 1. The number of hydrogen-bond acceptors (Lipinski definition) is 5. The van der Waals surface area contributed by atoms with Crippen LogP contribution in [0.3, 0.4) is 0 Å². The maximum atomic E-state index is 5.53. The van der Waals surface area contributed by atoms with E-state index in [4.69, 9.17) is 18.9 Å². The minimum Gasteiger partial charge on any atom is -0.497 e. The lowest BCUT2D eigenvalue weighted by atomic mass is 9.89. The molecule has 1 N–H and O–H groups in total. The number of fused-ring (bicyclic) bond motifs is 1. The Morgan fingerprint density at radius 1 is 0.880 bits per heavy atom. The van der Waals surface area contributed by atoms with Crippen molar-refractivity contribution in [3.63, 3.8) is 0 Å². The van der Waals surface area contributed by atoms with Gasteiger partial charge in [-0.25, -0.2) is 0 Å². The van der Waals surface area contributed by atoms with Gasteiger partial charge in [-0.3, -0.25) is 0 Å². The molecule has 0 bridgehead atoms. The molecule has 1 heterocycles. The molecule has 2 aromatic rings. The SMILES string of the molecule is COc1ccc(OC)c(CC2NCCc3cc(OC)c(OC)cc32)c1. The highest BCUT2D eigenvalue weighted by Gasteiger charge is 2.24. The third-order valence-corrected chi connectivity index (χ3v) is 4.72. The Labute approximate surface area is 148 Å². The Bertz CT molecular complexity index is 745. The van der Waals surface area contributed by atoms with Gasteiger partial charge in [0.15, 0.2) is 11.5 Å². The van der Waals surface area contributed by atoms with Gasteiger partial charge in [0.25, 0.3) is 0 Å². The van der Waals surface area contributed by atoms with Crippen LogP contribution in [0.15, 0.2) is 30.3 Å². The smallest absolute Gasteiger partial charge is 0.161 e. The first-order chi connectivity index (χ1) is 12.2. The molecule has 0 aliphatic carbocycles. The van der Waals surface area contributed by atoms with Crippen LogP contribution in [-0.4, -0.2) is 35.0 Å². The topological polar surface area (TPSA) is 49.0 Å². The predicted molar refractivity (Wildman–Crippen MR) is 97.2 cm³/mol. The van der Waals surface area contributed by atoms with Gasteiger partial charge in [-0.2, -0.15) is 0 Å². The molecule has 3 rings (SSSR count). The van der Waals surface area contributed by atoms with Crippen molar-refractivity contribution < 1.29 is 18.9 Å².